The summed E-state index contributed by atoms with van der Waals surface area (Å²) in [6, 6.07) is 5.85. The summed E-state index contributed by atoms with van der Waals surface area (Å²) in [6.45, 7) is 2.25. The van der Waals surface area contributed by atoms with Gasteiger partial charge in [0, 0.05) is 12.0 Å². The Morgan fingerprint density at radius 1 is 1.17 bits per heavy atom. The number of nitrogen functional groups attached to an aromatic ring is 1. The van der Waals surface area contributed by atoms with Crippen LogP contribution in [0.3, 0.4) is 0 Å². The molecule has 5 aliphatic rings. The maximum Gasteiger partial charge on any atom is 0.292 e. The van der Waals surface area contributed by atoms with Gasteiger partial charge in [-0.1, -0.05) is 19.1 Å². The van der Waals surface area contributed by atoms with E-state index in [4.69, 9.17) is 14.9 Å². The van der Waals surface area contributed by atoms with E-state index in [0.29, 0.717) is 43.3 Å². The van der Waals surface area contributed by atoms with Crippen molar-refractivity contribution in [3.63, 3.8) is 0 Å². The minimum Gasteiger partial charge on any atom is -0.424 e. The second kappa shape index (κ2) is 6.98. The Kier molecular flexibility index (Phi) is 4.44. The van der Waals surface area contributed by atoms with E-state index in [9.17, 15) is 10.2 Å². The molecule has 2 spiro atoms. The summed E-state index contributed by atoms with van der Waals surface area (Å²) in [7, 11) is 3.81. The van der Waals surface area contributed by atoms with Crippen molar-refractivity contribution in [2.75, 3.05) is 19.8 Å². The van der Waals surface area contributed by atoms with E-state index in [1.54, 1.807) is 6.08 Å². The Hall–Kier alpha value is -2.26. The summed E-state index contributed by atoms with van der Waals surface area (Å²) < 4.78 is 29.6. The van der Waals surface area contributed by atoms with Gasteiger partial charge >= 0.3 is 0 Å². The van der Waals surface area contributed by atoms with Gasteiger partial charge in [-0.25, -0.2) is 4.39 Å². The number of anilines is 1. The van der Waals surface area contributed by atoms with Crippen molar-refractivity contribution in [3.8, 4) is 0 Å². The summed E-state index contributed by atoms with van der Waals surface area (Å²) in [5, 5.41) is 21.9. The monoisotopic (exact) mass is 495 g/mol. The van der Waals surface area contributed by atoms with Crippen LogP contribution >= 0.6 is 0 Å². The lowest BCUT2D eigenvalue weighted by Gasteiger charge is -2.60. The highest BCUT2D eigenvalue weighted by atomic mass is 19.1. The number of rotatable bonds is 2. The third-order valence-corrected chi connectivity index (χ3v) is 10.4. The molecule has 4 N–H and O–H groups in total. The van der Waals surface area contributed by atoms with Crippen molar-refractivity contribution in [3.05, 3.63) is 41.5 Å². The molecule has 1 saturated heterocycles. The van der Waals surface area contributed by atoms with E-state index in [-0.39, 0.29) is 23.4 Å². The Morgan fingerprint density at radius 2 is 1.97 bits per heavy atom. The number of aliphatic hydroxyl groups excluding tert-OH is 2. The van der Waals surface area contributed by atoms with Crippen LogP contribution in [0.1, 0.15) is 51.0 Å². The molecule has 7 nitrogen and oxygen atoms in total. The van der Waals surface area contributed by atoms with Crippen molar-refractivity contribution in [1.82, 2.24) is 9.88 Å². The summed E-state index contributed by atoms with van der Waals surface area (Å²) in [5.74, 6) is -0.0317. The molecular weight excluding hydrogens is 461 g/mol. The van der Waals surface area contributed by atoms with Crippen molar-refractivity contribution >= 4 is 22.7 Å². The van der Waals surface area contributed by atoms with Crippen molar-refractivity contribution in [2.24, 2.45) is 11.3 Å². The van der Waals surface area contributed by atoms with E-state index in [1.165, 1.54) is 5.57 Å². The zero-order chi connectivity index (χ0) is 25.3. The maximum atomic E-state index is 17.1. The number of nitrogens with zero attached hydrogens (tertiary/aromatic N) is 2. The first-order chi connectivity index (χ1) is 17.0. The third kappa shape index (κ3) is 2.63. The van der Waals surface area contributed by atoms with Crippen LogP contribution in [0.15, 0.2) is 40.3 Å². The Morgan fingerprint density at radius 3 is 2.75 bits per heavy atom. The summed E-state index contributed by atoms with van der Waals surface area (Å²) in [5.41, 5.74) is 6.33. The number of likely N-dealkylation sites (N-methyl/N-ethyl adjacent to an activating group) is 1. The number of hydrogen-bond donors (Lipinski definition) is 3. The van der Waals surface area contributed by atoms with Gasteiger partial charge in [-0.05, 0) is 93.0 Å². The lowest BCUT2D eigenvalue weighted by atomic mass is 9.53. The van der Waals surface area contributed by atoms with E-state index >= 15 is 4.39 Å². The van der Waals surface area contributed by atoms with Gasteiger partial charge in [0.15, 0.2) is 11.3 Å². The number of hydrogen-bond acceptors (Lipinski definition) is 7. The summed E-state index contributed by atoms with van der Waals surface area (Å²) in [4.78, 5) is 6.25. The maximum absolute atomic E-state index is 17.1. The SMILES string of the molecule is CN(C)C1CC23CCC4(O2)C2CC=C(c5ccc6oc(N)nc6c5)C2(C)CCC4(F)C=C3C(O)C1O. The number of oxazole rings is 1. The molecule has 0 radical (unpaired) electrons. The van der Waals surface area contributed by atoms with Gasteiger partial charge in [0.25, 0.3) is 6.01 Å². The molecule has 0 amide bonds. The first-order valence-corrected chi connectivity index (χ1v) is 13.0. The number of aliphatic hydroxyl groups is 2. The molecule has 192 valence electrons. The predicted molar refractivity (Wildman–Crippen MR) is 134 cm³/mol. The van der Waals surface area contributed by atoms with Gasteiger partial charge in [-0.15, -0.1) is 0 Å². The highest BCUT2D eigenvalue weighted by Crippen LogP contribution is 2.71. The standard InChI is InChI=1S/C28H34FN3O4/c1-25-8-10-27(29)13-17-22(33)23(34)19(32(2)3)14-26(17)9-11-28(27,36-26)21(25)7-5-16(25)15-4-6-20-18(12-15)31-24(30)35-20/h4-6,12-13,19,21-23,33-34H,7-11,14H2,1-3H3,(H2,30,31). The van der Waals surface area contributed by atoms with Gasteiger partial charge in [-0.2, -0.15) is 4.98 Å². The van der Waals surface area contributed by atoms with Crippen LogP contribution < -0.4 is 5.73 Å². The van der Waals surface area contributed by atoms with E-state index < -0.39 is 29.1 Å². The highest BCUT2D eigenvalue weighted by molar-refractivity contribution is 5.83. The average molecular weight is 496 g/mol. The molecule has 2 aromatic rings. The second-order valence-electron chi connectivity index (χ2n) is 12.2. The second-order valence-corrected chi connectivity index (χ2v) is 12.2. The van der Waals surface area contributed by atoms with Crippen LogP contribution in [0.2, 0.25) is 0 Å². The molecule has 1 aromatic carbocycles. The molecule has 1 aromatic heterocycles. The Labute approximate surface area is 209 Å². The minimum absolute atomic E-state index is 0.0317. The average Bonchev–Trinajstić information content (AvgIpc) is 3.49. The summed E-state index contributed by atoms with van der Waals surface area (Å²) in [6.07, 6.45) is 5.37. The number of allylic oxidation sites excluding steroid dienone is 2. The lowest BCUT2D eigenvalue weighted by Crippen LogP contribution is -2.68. The Balaban J connectivity index is 1.30. The number of halogens is 1. The van der Waals surface area contributed by atoms with Gasteiger partial charge in [-0.3, -0.25) is 0 Å². The largest absolute Gasteiger partial charge is 0.424 e. The molecule has 2 bridgehead atoms. The minimum atomic E-state index is -1.67. The Bertz CT molecular complexity index is 1340. The van der Waals surface area contributed by atoms with Crippen LogP contribution in [0.25, 0.3) is 16.7 Å². The number of nitrogens with two attached hydrogens (primary N) is 1. The molecule has 3 heterocycles. The number of aromatic nitrogens is 1. The molecule has 7 rings (SSSR count). The van der Waals surface area contributed by atoms with Gasteiger partial charge in [0.2, 0.25) is 0 Å². The number of alkyl halides is 1. The van der Waals surface area contributed by atoms with Crippen molar-refractivity contribution in [1.29, 1.82) is 0 Å². The molecule has 36 heavy (non-hydrogen) atoms. The zero-order valence-corrected chi connectivity index (χ0v) is 21.0. The summed E-state index contributed by atoms with van der Waals surface area (Å²) >= 11 is 0. The van der Waals surface area contributed by atoms with Crippen LogP contribution in [0.4, 0.5) is 10.4 Å². The van der Waals surface area contributed by atoms with Crippen molar-refractivity contribution in [2.45, 2.75) is 80.6 Å². The topological polar surface area (TPSA) is 105 Å². The number of benzene rings is 1. The molecule has 2 saturated carbocycles. The molecular formula is C28H34FN3O4. The molecule has 3 aliphatic carbocycles. The molecule has 8 heteroatoms. The van der Waals surface area contributed by atoms with Gasteiger partial charge in [0.1, 0.15) is 17.2 Å². The normalized spacial score (nSPS) is 45.3. The fourth-order valence-corrected chi connectivity index (χ4v) is 8.54. The number of fused-ring (bicyclic) bond motifs is 2. The molecule has 3 fully saturated rings. The fraction of sp³-hybridized carbons (Fsp3) is 0.607. The van der Waals surface area contributed by atoms with Crippen molar-refractivity contribution < 1.29 is 23.8 Å². The van der Waals surface area contributed by atoms with Gasteiger partial charge < -0.3 is 30.0 Å². The quantitative estimate of drug-likeness (QED) is 0.547. The van der Waals surface area contributed by atoms with Crippen LogP contribution in [0.5, 0.6) is 0 Å². The third-order valence-electron chi connectivity index (χ3n) is 10.4. The van der Waals surface area contributed by atoms with E-state index in [2.05, 4.69) is 18.0 Å². The lowest BCUT2D eigenvalue weighted by molar-refractivity contribution is -0.239. The fourth-order valence-electron chi connectivity index (χ4n) is 8.54. The molecule has 8 unspecified atom stereocenters. The highest BCUT2D eigenvalue weighted by Gasteiger charge is 2.74. The van der Waals surface area contributed by atoms with Crippen LogP contribution in [0, 0.1) is 11.3 Å². The van der Waals surface area contributed by atoms with E-state index in [1.807, 2.05) is 37.2 Å². The smallest absolute Gasteiger partial charge is 0.292 e. The van der Waals surface area contributed by atoms with Gasteiger partial charge in [0.05, 0.1) is 11.7 Å². The molecule has 8 atom stereocenters. The molecule has 2 aliphatic heterocycles. The number of ether oxygens (including phenoxy) is 1. The van der Waals surface area contributed by atoms with Crippen LogP contribution in [-0.4, -0.2) is 69.3 Å². The first kappa shape index (κ1) is 22.9. The zero-order valence-electron chi connectivity index (χ0n) is 21.0. The predicted octanol–water partition coefficient (Wildman–Crippen LogP) is 3.61. The van der Waals surface area contributed by atoms with E-state index in [0.717, 1.165) is 17.5 Å². The van der Waals surface area contributed by atoms with Crippen LogP contribution in [-0.2, 0) is 4.74 Å². The first-order valence-electron chi connectivity index (χ1n) is 13.0.